The Morgan fingerprint density at radius 3 is 2.40 bits per heavy atom. The molecule has 2 unspecified atom stereocenters. The van der Waals surface area contributed by atoms with E-state index in [4.69, 9.17) is 4.74 Å². The van der Waals surface area contributed by atoms with Gasteiger partial charge in [-0.25, -0.2) is 9.18 Å². The van der Waals surface area contributed by atoms with Gasteiger partial charge in [0, 0.05) is 0 Å². The van der Waals surface area contributed by atoms with Gasteiger partial charge in [-0.3, -0.25) is 4.79 Å². The molecule has 2 aromatic carbocycles. The van der Waals surface area contributed by atoms with Crippen molar-refractivity contribution in [2.75, 3.05) is 7.11 Å². The molecule has 0 bridgehead atoms. The van der Waals surface area contributed by atoms with E-state index in [1.807, 2.05) is 0 Å². The maximum atomic E-state index is 13.1. The van der Waals surface area contributed by atoms with Crippen LogP contribution < -0.4 is 10.1 Å². The SMILES string of the molecule is COc1cccc(C(C)C(=O)NC(C)(C(=O)O)c2ccc(F)cc2)c1. The highest BCUT2D eigenvalue weighted by Crippen LogP contribution is 2.25. The average molecular weight is 345 g/mol. The van der Waals surface area contributed by atoms with E-state index < -0.39 is 29.2 Å². The third-order valence-electron chi connectivity index (χ3n) is 4.21. The van der Waals surface area contributed by atoms with Crippen LogP contribution in [0.15, 0.2) is 48.5 Å². The molecule has 6 heteroatoms. The zero-order chi connectivity index (χ0) is 18.6. The number of methoxy groups -OCH3 is 1. The summed E-state index contributed by atoms with van der Waals surface area (Å²) in [7, 11) is 1.53. The predicted octanol–water partition coefficient (Wildman–Crippen LogP) is 3.05. The second kappa shape index (κ2) is 7.34. The van der Waals surface area contributed by atoms with Gasteiger partial charge >= 0.3 is 5.97 Å². The molecule has 0 aliphatic rings. The molecule has 1 amide bonds. The Hall–Kier alpha value is -2.89. The number of amides is 1. The molecular weight excluding hydrogens is 325 g/mol. The summed E-state index contributed by atoms with van der Waals surface area (Å²) in [6.07, 6.45) is 0. The lowest BCUT2D eigenvalue weighted by Gasteiger charge is -2.28. The lowest BCUT2D eigenvalue weighted by Crippen LogP contribution is -2.50. The zero-order valence-electron chi connectivity index (χ0n) is 14.2. The largest absolute Gasteiger partial charge is 0.497 e. The Kier molecular flexibility index (Phi) is 5.41. The fourth-order valence-corrected chi connectivity index (χ4v) is 2.45. The summed E-state index contributed by atoms with van der Waals surface area (Å²) in [4.78, 5) is 24.4. The van der Waals surface area contributed by atoms with Gasteiger partial charge in [-0.15, -0.1) is 0 Å². The molecule has 0 aliphatic carbocycles. The van der Waals surface area contributed by atoms with E-state index in [1.165, 1.54) is 26.2 Å². The first kappa shape index (κ1) is 18.4. The highest BCUT2D eigenvalue weighted by atomic mass is 19.1. The summed E-state index contributed by atoms with van der Waals surface area (Å²) in [5.41, 5.74) is -0.686. The number of carboxylic acid groups (broad SMARTS) is 1. The van der Waals surface area contributed by atoms with Crippen LogP contribution in [0.25, 0.3) is 0 Å². The Bertz CT molecular complexity index is 775. The van der Waals surface area contributed by atoms with Crippen LogP contribution in [-0.2, 0) is 15.1 Å². The molecule has 0 aliphatic heterocycles. The summed E-state index contributed by atoms with van der Waals surface area (Å²) in [5.74, 6) is -2.15. The molecule has 5 nitrogen and oxygen atoms in total. The van der Waals surface area contributed by atoms with E-state index in [-0.39, 0.29) is 5.56 Å². The molecule has 0 spiro atoms. The molecule has 2 N–H and O–H groups in total. The van der Waals surface area contributed by atoms with Crippen LogP contribution in [0, 0.1) is 5.82 Å². The van der Waals surface area contributed by atoms with Crippen molar-refractivity contribution >= 4 is 11.9 Å². The molecule has 25 heavy (non-hydrogen) atoms. The van der Waals surface area contributed by atoms with E-state index in [1.54, 1.807) is 31.2 Å². The maximum absolute atomic E-state index is 13.1. The van der Waals surface area contributed by atoms with Crippen molar-refractivity contribution in [3.05, 3.63) is 65.5 Å². The summed E-state index contributed by atoms with van der Waals surface area (Å²) < 4.78 is 18.3. The van der Waals surface area contributed by atoms with Crippen molar-refractivity contribution in [3.8, 4) is 5.75 Å². The topological polar surface area (TPSA) is 75.6 Å². The first-order chi connectivity index (χ1) is 11.8. The number of ether oxygens (including phenoxy) is 1. The predicted molar refractivity (Wildman–Crippen MR) is 90.9 cm³/mol. The number of halogens is 1. The molecule has 0 fully saturated rings. The minimum Gasteiger partial charge on any atom is -0.497 e. The summed E-state index contributed by atoms with van der Waals surface area (Å²) in [6, 6.07) is 12.0. The number of rotatable bonds is 6. The van der Waals surface area contributed by atoms with E-state index in [2.05, 4.69) is 5.32 Å². The Morgan fingerprint density at radius 2 is 1.84 bits per heavy atom. The minimum absolute atomic E-state index is 0.285. The van der Waals surface area contributed by atoms with Gasteiger partial charge in [0.15, 0.2) is 5.54 Å². The van der Waals surface area contributed by atoms with E-state index >= 15 is 0 Å². The quantitative estimate of drug-likeness (QED) is 0.844. The maximum Gasteiger partial charge on any atom is 0.333 e. The fraction of sp³-hybridized carbons (Fsp3) is 0.263. The Morgan fingerprint density at radius 1 is 1.20 bits per heavy atom. The number of hydrogen-bond donors (Lipinski definition) is 2. The molecule has 2 rings (SSSR count). The molecule has 0 radical (unpaired) electrons. The lowest BCUT2D eigenvalue weighted by molar-refractivity contribution is -0.147. The molecule has 0 heterocycles. The van der Waals surface area contributed by atoms with Crippen LogP contribution in [0.5, 0.6) is 5.75 Å². The average Bonchev–Trinajstić information content (AvgIpc) is 2.61. The monoisotopic (exact) mass is 345 g/mol. The molecule has 0 saturated heterocycles. The molecule has 2 aromatic rings. The van der Waals surface area contributed by atoms with Gasteiger partial charge in [0.2, 0.25) is 5.91 Å². The summed E-state index contributed by atoms with van der Waals surface area (Å²) in [6.45, 7) is 3.05. The van der Waals surface area contributed by atoms with Gasteiger partial charge in [-0.1, -0.05) is 24.3 Å². The van der Waals surface area contributed by atoms with Crippen LogP contribution in [0.3, 0.4) is 0 Å². The highest BCUT2D eigenvalue weighted by molar-refractivity contribution is 5.90. The van der Waals surface area contributed by atoms with Crippen molar-refractivity contribution in [3.63, 3.8) is 0 Å². The van der Waals surface area contributed by atoms with Crippen molar-refractivity contribution in [1.29, 1.82) is 0 Å². The van der Waals surface area contributed by atoms with Crippen LogP contribution in [0.2, 0.25) is 0 Å². The van der Waals surface area contributed by atoms with E-state index in [9.17, 15) is 19.1 Å². The normalized spacial score (nSPS) is 14.2. The van der Waals surface area contributed by atoms with Crippen LogP contribution in [0.1, 0.15) is 30.9 Å². The Labute approximate surface area is 145 Å². The number of nitrogens with one attached hydrogen (secondary N) is 1. The van der Waals surface area contributed by atoms with Gasteiger partial charge < -0.3 is 15.2 Å². The van der Waals surface area contributed by atoms with Crippen molar-refractivity contribution in [1.82, 2.24) is 5.32 Å². The molecule has 0 saturated carbocycles. The second-order valence-electron chi connectivity index (χ2n) is 5.92. The third kappa shape index (κ3) is 3.96. The second-order valence-corrected chi connectivity index (χ2v) is 5.92. The summed E-state index contributed by atoms with van der Waals surface area (Å²) >= 11 is 0. The van der Waals surface area contributed by atoms with Gasteiger partial charge in [-0.05, 0) is 49.2 Å². The first-order valence-electron chi connectivity index (χ1n) is 7.73. The molecular formula is C19H20FNO4. The highest BCUT2D eigenvalue weighted by Gasteiger charge is 2.38. The number of carbonyl (C=O) groups is 2. The smallest absolute Gasteiger partial charge is 0.333 e. The zero-order valence-corrected chi connectivity index (χ0v) is 14.2. The number of carboxylic acids is 1. The van der Waals surface area contributed by atoms with Crippen LogP contribution in [0.4, 0.5) is 4.39 Å². The number of carbonyl (C=O) groups excluding carboxylic acids is 1. The standard InChI is InChI=1S/C19H20FNO4/c1-12(13-5-4-6-16(11-13)25-3)17(22)21-19(2,18(23)24)14-7-9-15(20)10-8-14/h4-12H,1-3H3,(H,21,22)(H,23,24). The van der Waals surface area contributed by atoms with E-state index in [0.717, 1.165) is 12.1 Å². The molecule has 0 aromatic heterocycles. The van der Waals surface area contributed by atoms with Gasteiger partial charge in [0.05, 0.1) is 13.0 Å². The van der Waals surface area contributed by atoms with Crippen molar-refractivity contribution < 1.29 is 23.8 Å². The van der Waals surface area contributed by atoms with E-state index in [0.29, 0.717) is 11.3 Å². The van der Waals surface area contributed by atoms with Crippen LogP contribution >= 0.6 is 0 Å². The minimum atomic E-state index is -1.67. The molecule has 2 atom stereocenters. The van der Waals surface area contributed by atoms with Crippen molar-refractivity contribution in [2.45, 2.75) is 25.3 Å². The van der Waals surface area contributed by atoms with Gasteiger partial charge in [0.1, 0.15) is 11.6 Å². The number of benzene rings is 2. The fourth-order valence-electron chi connectivity index (χ4n) is 2.45. The number of hydrogen-bond acceptors (Lipinski definition) is 3. The third-order valence-corrected chi connectivity index (χ3v) is 4.21. The van der Waals surface area contributed by atoms with Gasteiger partial charge in [-0.2, -0.15) is 0 Å². The van der Waals surface area contributed by atoms with Crippen molar-refractivity contribution in [2.24, 2.45) is 0 Å². The summed E-state index contributed by atoms with van der Waals surface area (Å²) in [5, 5.41) is 12.2. The lowest BCUT2D eigenvalue weighted by atomic mass is 9.90. The van der Waals surface area contributed by atoms with Gasteiger partial charge in [0.25, 0.3) is 0 Å². The number of aliphatic carboxylic acids is 1. The molecule has 132 valence electrons. The van der Waals surface area contributed by atoms with Crippen LogP contribution in [-0.4, -0.2) is 24.1 Å². The Balaban J connectivity index is 2.28. The first-order valence-corrected chi connectivity index (χ1v) is 7.73.